The Hall–Kier alpha value is 0.810. The largest absolute Gasteiger partial charge is 0.590 e. The van der Waals surface area contributed by atoms with Crippen molar-refractivity contribution in [2.24, 2.45) is 0 Å². The van der Waals surface area contributed by atoms with E-state index in [0.717, 1.165) is 13.8 Å². The summed E-state index contributed by atoms with van der Waals surface area (Å²) in [6.07, 6.45) is 1.47. The molecule has 1 unspecified atom stereocenters. The molecule has 6 nitrogen and oxygen atoms in total. The lowest BCUT2D eigenvalue weighted by atomic mass is 11.8. The van der Waals surface area contributed by atoms with Gasteiger partial charge in [0.15, 0.2) is 0 Å². The molecule has 1 atom stereocenters. The first-order chi connectivity index (χ1) is 5.33. The average Bonchev–Trinajstić information content (AvgIpc) is 1.85. The van der Waals surface area contributed by atoms with Crippen LogP contribution in [0.2, 0.25) is 0 Å². The molecule has 0 aromatic heterocycles. The van der Waals surface area contributed by atoms with Crippen LogP contribution in [0.25, 0.3) is 0 Å². The van der Waals surface area contributed by atoms with Gasteiger partial charge in [0.2, 0.25) is 0 Å². The minimum absolute atomic E-state index is 0.707. The molecular formula is C3H11O6P2S+. The SMILES string of the molecule is COP(C)(=O)O[P+](O)(O)OSC. The summed E-state index contributed by atoms with van der Waals surface area (Å²) in [4.78, 5) is 17.9. The summed E-state index contributed by atoms with van der Waals surface area (Å²) < 4.78 is 24.1. The normalized spacial score (nSPS) is 17.4. The van der Waals surface area contributed by atoms with E-state index in [0.29, 0.717) is 12.0 Å². The van der Waals surface area contributed by atoms with Crippen LogP contribution in [-0.2, 0) is 17.4 Å². The summed E-state index contributed by atoms with van der Waals surface area (Å²) in [5, 5.41) is 0. The second-order valence-electron chi connectivity index (χ2n) is 1.77. The van der Waals surface area contributed by atoms with E-state index >= 15 is 0 Å². The molecule has 0 heterocycles. The smallest absolute Gasteiger partial charge is 0.310 e. The molecule has 0 aromatic rings. The maximum absolute atomic E-state index is 11.0. The Morgan fingerprint density at radius 3 is 2.33 bits per heavy atom. The van der Waals surface area contributed by atoms with E-state index in [1.54, 1.807) is 0 Å². The number of rotatable bonds is 5. The highest BCUT2D eigenvalue weighted by Crippen LogP contribution is 2.66. The highest BCUT2D eigenvalue weighted by molar-refractivity contribution is 7.98. The van der Waals surface area contributed by atoms with Crippen molar-refractivity contribution < 1.29 is 27.2 Å². The fourth-order valence-corrected chi connectivity index (χ4v) is 3.28. The highest BCUT2D eigenvalue weighted by Gasteiger charge is 2.47. The van der Waals surface area contributed by atoms with Gasteiger partial charge in [-0.3, -0.25) is 4.57 Å². The first-order valence-corrected chi connectivity index (χ1v) is 7.41. The topological polar surface area (TPSA) is 85.2 Å². The van der Waals surface area contributed by atoms with Crippen LogP contribution in [-0.4, -0.2) is 29.8 Å². The quantitative estimate of drug-likeness (QED) is 0.552. The summed E-state index contributed by atoms with van der Waals surface area (Å²) in [6.45, 7) is 1.11. The fourth-order valence-electron chi connectivity index (χ4n) is 0.337. The molecule has 0 rings (SSSR count). The summed E-state index contributed by atoms with van der Waals surface area (Å²) in [5.41, 5.74) is 0. The van der Waals surface area contributed by atoms with Crippen molar-refractivity contribution in [1.82, 2.24) is 0 Å². The van der Waals surface area contributed by atoms with E-state index in [1.807, 2.05) is 0 Å². The van der Waals surface area contributed by atoms with Crippen LogP contribution in [0.5, 0.6) is 0 Å². The predicted molar refractivity (Wildman–Crippen MR) is 47.6 cm³/mol. The lowest BCUT2D eigenvalue weighted by Crippen LogP contribution is -1.96. The highest BCUT2D eigenvalue weighted by atomic mass is 32.2. The van der Waals surface area contributed by atoms with Crippen molar-refractivity contribution in [2.45, 2.75) is 0 Å². The molecule has 0 aromatic carbocycles. The third-order valence-corrected chi connectivity index (χ3v) is 4.83. The van der Waals surface area contributed by atoms with Crippen LogP contribution in [0.3, 0.4) is 0 Å². The average molecular weight is 237 g/mol. The minimum atomic E-state index is -4.01. The van der Waals surface area contributed by atoms with Gasteiger partial charge in [-0.1, -0.05) is 8.28 Å². The maximum Gasteiger partial charge on any atom is 0.590 e. The van der Waals surface area contributed by atoms with Crippen molar-refractivity contribution >= 4 is 27.8 Å². The molecule has 0 saturated carbocycles. The zero-order chi connectivity index (χ0) is 9.83. The van der Waals surface area contributed by atoms with Gasteiger partial charge in [0.25, 0.3) is 0 Å². The molecule has 0 aliphatic heterocycles. The van der Waals surface area contributed by atoms with Gasteiger partial charge in [0.05, 0.1) is 0 Å². The molecular weight excluding hydrogens is 226 g/mol. The fraction of sp³-hybridized carbons (Fsp3) is 1.00. The van der Waals surface area contributed by atoms with Gasteiger partial charge in [-0.05, 0) is 0 Å². The van der Waals surface area contributed by atoms with E-state index in [9.17, 15) is 4.57 Å². The zero-order valence-electron chi connectivity index (χ0n) is 6.83. The monoisotopic (exact) mass is 237 g/mol. The molecule has 0 saturated heterocycles. The standard InChI is InChI=1S/C3H11O6P2S/c1-7-10(2,4)8-11(5,6)9-12-3/h5-6H,1-3H3/q+1. The van der Waals surface area contributed by atoms with Gasteiger partial charge in [0, 0.05) is 32.1 Å². The molecule has 0 amide bonds. The van der Waals surface area contributed by atoms with Crippen LogP contribution in [0.15, 0.2) is 0 Å². The Morgan fingerprint density at radius 2 is 2.00 bits per heavy atom. The molecule has 2 N–H and O–H groups in total. The molecule has 0 spiro atoms. The van der Waals surface area contributed by atoms with Gasteiger partial charge in [-0.2, -0.15) is 9.79 Å². The third kappa shape index (κ3) is 5.45. The van der Waals surface area contributed by atoms with Crippen LogP contribution in [0.4, 0.5) is 0 Å². The first kappa shape index (κ1) is 12.8. The van der Waals surface area contributed by atoms with Gasteiger partial charge < -0.3 is 4.52 Å². The Labute approximate surface area is 75.6 Å². The van der Waals surface area contributed by atoms with E-state index < -0.39 is 15.8 Å². The maximum atomic E-state index is 11.0. The summed E-state index contributed by atoms with van der Waals surface area (Å²) >= 11 is 0.707. The van der Waals surface area contributed by atoms with E-state index in [4.69, 9.17) is 9.79 Å². The van der Waals surface area contributed by atoms with Gasteiger partial charge >= 0.3 is 15.8 Å². The Morgan fingerprint density at radius 1 is 1.50 bits per heavy atom. The molecule has 0 bridgehead atoms. The first-order valence-electron chi connectivity index (χ1n) is 2.74. The molecule has 0 fully saturated rings. The minimum Gasteiger partial charge on any atom is -0.310 e. The Bertz CT molecular complexity index is 184. The summed E-state index contributed by atoms with van der Waals surface area (Å²) in [6, 6.07) is 0. The van der Waals surface area contributed by atoms with Crippen molar-refractivity contribution in [3.63, 3.8) is 0 Å². The van der Waals surface area contributed by atoms with Crippen molar-refractivity contribution in [2.75, 3.05) is 20.0 Å². The van der Waals surface area contributed by atoms with Crippen LogP contribution >= 0.6 is 27.8 Å². The summed E-state index contributed by atoms with van der Waals surface area (Å²) in [7, 11) is -6.28. The van der Waals surface area contributed by atoms with E-state index in [-0.39, 0.29) is 0 Å². The molecule has 9 heteroatoms. The number of hydrogen-bond donors (Lipinski definition) is 2. The van der Waals surface area contributed by atoms with Crippen LogP contribution < -0.4 is 0 Å². The molecule has 0 radical (unpaired) electrons. The van der Waals surface area contributed by atoms with Gasteiger partial charge in [-0.25, -0.2) is 0 Å². The molecule has 0 aliphatic carbocycles. The van der Waals surface area contributed by atoms with E-state index in [2.05, 4.69) is 12.8 Å². The molecule has 74 valence electrons. The van der Waals surface area contributed by atoms with Crippen LogP contribution in [0, 0.1) is 0 Å². The van der Waals surface area contributed by atoms with Crippen molar-refractivity contribution in [3.05, 3.63) is 0 Å². The molecule has 12 heavy (non-hydrogen) atoms. The van der Waals surface area contributed by atoms with Gasteiger partial charge in [-0.15, -0.1) is 0 Å². The third-order valence-electron chi connectivity index (χ3n) is 0.758. The van der Waals surface area contributed by atoms with E-state index in [1.165, 1.54) is 6.26 Å². The number of hydrogen-bond acceptors (Lipinski definition) is 7. The molecule has 0 aliphatic rings. The van der Waals surface area contributed by atoms with Crippen molar-refractivity contribution in [1.29, 1.82) is 0 Å². The van der Waals surface area contributed by atoms with Crippen molar-refractivity contribution in [3.8, 4) is 0 Å². The lowest BCUT2D eigenvalue weighted by Gasteiger charge is -2.10. The Balaban J connectivity index is 4.14. The Kier molecular flexibility index (Phi) is 5.21. The summed E-state index contributed by atoms with van der Waals surface area (Å²) in [5.74, 6) is 0. The second kappa shape index (κ2) is 4.88. The second-order valence-corrected chi connectivity index (χ2v) is 6.24. The predicted octanol–water partition coefficient (Wildman–Crippen LogP) is 1.43. The zero-order valence-corrected chi connectivity index (χ0v) is 9.44. The van der Waals surface area contributed by atoms with Crippen LogP contribution in [0.1, 0.15) is 0 Å². The van der Waals surface area contributed by atoms with Gasteiger partial charge in [0.1, 0.15) is 0 Å². The lowest BCUT2D eigenvalue weighted by molar-refractivity contribution is 0.234.